The Balaban J connectivity index is 1.28. The Morgan fingerprint density at radius 2 is 1.64 bits per heavy atom. The van der Waals surface area contributed by atoms with E-state index in [1.807, 2.05) is 36.4 Å². The first-order valence-corrected chi connectivity index (χ1v) is 11.2. The van der Waals surface area contributed by atoms with Crippen LogP contribution in [-0.2, 0) is 14.3 Å². The number of ether oxygens (including phenoxy) is 1. The van der Waals surface area contributed by atoms with Crippen molar-refractivity contribution in [3.05, 3.63) is 59.7 Å². The van der Waals surface area contributed by atoms with Crippen molar-refractivity contribution in [2.24, 2.45) is 0 Å². The number of carboxylic acid groups (broad SMARTS) is 1. The van der Waals surface area contributed by atoms with Gasteiger partial charge in [0.2, 0.25) is 5.91 Å². The fourth-order valence-corrected chi connectivity index (χ4v) is 5.30. The minimum Gasteiger partial charge on any atom is -0.480 e. The van der Waals surface area contributed by atoms with Crippen LogP contribution in [0.3, 0.4) is 0 Å². The van der Waals surface area contributed by atoms with Gasteiger partial charge in [0.1, 0.15) is 18.2 Å². The number of carbonyl (C=O) groups excluding carboxylic acids is 2. The molecule has 3 N–H and O–H groups in total. The lowest BCUT2D eigenvalue weighted by molar-refractivity contribution is -0.153. The number of hydrogen-bond donors (Lipinski definition) is 3. The highest BCUT2D eigenvalue weighted by molar-refractivity contribution is 5.94. The molecular weight excluding hydrogens is 424 g/mol. The van der Waals surface area contributed by atoms with Crippen LogP contribution < -0.4 is 5.32 Å². The Morgan fingerprint density at radius 1 is 1.03 bits per heavy atom. The number of carbonyl (C=O) groups is 3. The number of likely N-dealkylation sites (tertiary alicyclic amines) is 1. The molecule has 2 amide bonds. The number of aliphatic hydroxyl groups is 1. The fraction of sp³-hybridized carbons (Fsp3) is 0.400. The predicted molar refractivity (Wildman–Crippen MR) is 119 cm³/mol. The average Bonchev–Trinajstić information content (AvgIpc) is 3.33. The van der Waals surface area contributed by atoms with Crippen LogP contribution in [0.2, 0.25) is 0 Å². The summed E-state index contributed by atoms with van der Waals surface area (Å²) in [4.78, 5) is 38.7. The highest BCUT2D eigenvalue weighted by Crippen LogP contribution is 2.44. The molecule has 1 saturated carbocycles. The van der Waals surface area contributed by atoms with Gasteiger partial charge in [0.15, 0.2) is 0 Å². The van der Waals surface area contributed by atoms with Crippen molar-refractivity contribution in [1.29, 1.82) is 0 Å². The maximum absolute atomic E-state index is 13.2. The minimum atomic E-state index is -1.18. The van der Waals surface area contributed by atoms with Gasteiger partial charge in [-0.15, -0.1) is 0 Å². The van der Waals surface area contributed by atoms with E-state index in [0.717, 1.165) is 28.7 Å². The number of carboxylic acids is 1. The van der Waals surface area contributed by atoms with Crippen molar-refractivity contribution in [1.82, 2.24) is 10.2 Å². The fourth-order valence-electron chi connectivity index (χ4n) is 5.30. The van der Waals surface area contributed by atoms with Crippen LogP contribution in [0.15, 0.2) is 48.5 Å². The third-order valence-corrected chi connectivity index (χ3v) is 7.13. The van der Waals surface area contributed by atoms with Crippen molar-refractivity contribution in [2.45, 2.75) is 49.3 Å². The molecule has 0 bridgehead atoms. The number of aliphatic carboxylic acids is 1. The molecule has 8 heteroatoms. The van der Waals surface area contributed by atoms with E-state index >= 15 is 0 Å². The van der Waals surface area contributed by atoms with Crippen LogP contribution in [0.4, 0.5) is 4.79 Å². The number of nitrogens with zero attached hydrogens (tertiary/aromatic N) is 1. The van der Waals surface area contributed by atoms with Gasteiger partial charge in [0.05, 0.1) is 6.10 Å². The van der Waals surface area contributed by atoms with Crippen molar-refractivity contribution in [2.75, 3.05) is 13.2 Å². The van der Waals surface area contributed by atoms with Gasteiger partial charge in [-0.05, 0) is 41.5 Å². The lowest BCUT2D eigenvalue weighted by Crippen LogP contribution is -2.64. The topological polar surface area (TPSA) is 116 Å². The van der Waals surface area contributed by atoms with Crippen LogP contribution in [0, 0.1) is 0 Å². The monoisotopic (exact) mass is 450 g/mol. The summed E-state index contributed by atoms with van der Waals surface area (Å²) in [6, 6.07) is 15.0. The van der Waals surface area contributed by atoms with Gasteiger partial charge in [-0.3, -0.25) is 4.79 Å². The van der Waals surface area contributed by atoms with Gasteiger partial charge >= 0.3 is 12.1 Å². The first kappa shape index (κ1) is 21.5. The summed E-state index contributed by atoms with van der Waals surface area (Å²) in [5, 5.41) is 22.1. The van der Waals surface area contributed by atoms with Crippen molar-refractivity contribution < 1.29 is 29.3 Å². The lowest BCUT2D eigenvalue weighted by atomic mass is 9.75. The molecule has 1 aliphatic heterocycles. The highest BCUT2D eigenvalue weighted by Gasteiger charge is 2.52. The molecule has 2 fully saturated rings. The molecule has 8 nitrogen and oxygen atoms in total. The Kier molecular flexibility index (Phi) is 5.32. The molecular formula is C25H26N2O6. The summed E-state index contributed by atoms with van der Waals surface area (Å²) < 4.78 is 5.59. The summed E-state index contributed by atoms with van der Waals surface area (Å²) in [7, 11) is 0. The zero-order valence-electron chi connectivity index (χ0n) is 18.1. The second-order valence-electron chi connectivity index (χ2n) is 9.09. The molecule has 2 atom stereocenters. The molecule has 0 radical (unpaired) electrons. The quantitative estimate of drug-likeness (QED) is 0.645. The molecule has 2 aliphatic carbocycles. The Morgan fingerprint density at radius 3 is 2.18 bits per heavy atom. The molecule has 1 heterocycles. The number of fused-ring (bicyclic) bond motifs is 3. The summed E-state index contributed by atoms with van der Waals surface area (Å²) in [6.45, 7) is 0.0776. The molecule has 3 aliphatic rings. The standard InChI is InChI=1S/C25H26N2O6/c28-15-12-21(22(29)30)27(13-15)23(31)25(10-5-11-25)26-24(32)33-14-20-18-8-3-1-6-16(18)17-7-2-4-9-19(17)20/h1-4,6-9,15,20-21,28H,5,10-14H2,(H,26,32)(H,29,30)/t15?,21-/m0/s1. The van der Waals surface area contributed by atoms with Crippen molar-refractivity contribution in [3.63, 3.8) is 0 Å². The summed E-state index contributed by atoms with van der Waals surface area (Å²) >= 11 is 0. The van der Waals surface area contributed by atoms with Gasteiger partial charge < -0.3 is 25.2 Å². The molecule has 2 aromatic carbocycles. The second kappa shape index (κ2) is 8.19. The molecule has 0 aromatic heterocycles. The molecule has 172 valence electrons. The predicted octanol–water partition coefficient (Wildman–Crippen LogP) is 2.49. The molecule has 5 rings (SSSR count). The van der Waals surface area contributed by atoms with Gasteiger partial charge in [0, 0.05) is 18.9 Å². The van der Waals surface area contributed by atoms with Gasteiger partial charge in [0.25, 0.3) is 0 Å². The zero-order chi connectivity index (χ0) is 23.2. The second-order valence-corrected chi connectivity index (χ2v) is 9.09. The van der Waals surface area contributed by atoms with Gasteiger partial charge in [-0.25, -0.2) is 9.59 Å². The number of alkyl carbamates (subject to hydrolysis) is 1. The number of rotatable bonds is 5. The normalized spacial score (nSPS) is 22.8. The average molecular weight is 450 g/mol. The number of hydrogen-bond acceptors (Lipinski definition) is 5. The van der Waals surface area contributed by atoms with Crippen LogP contribution in [-0.4, -0.2) is 63.9 Å². The third kappa shape index (κ3) is 3.64. The van der Waals surface area contributed by atoms with Crippen molar-refractivity contribution >= 4 is 18.0 Å². The van der Waals surface area contributed by atoms with Crippen molar-refractivity contribution in [3.8, 4) is 11.1 Å². The molecule has 33 heavy (non-hydrogen) atoms. The maximum Gasteiger partial charge on any atom is 0.408 e. The minimum absolute atomic E-state index is 0.0118. The summed E-state index contributed by atoms with van der Waals surface area (Å²) in [5.74, 6) is -1.72. The Bertz CT molecular complexity index is 1070. The molecule has 0 spiro atoms. The Labute approximate surface area is 191 Å². The number of benzene rings is 2. The lowest BCUT2D eigenvalue weighted by Gasteiger charge is -2.43. The number of amides is 2. The van der Waals surface area contributed by atoms with E-state index in [2.05, 4.69) is 17.4 Å². The zero-order valence-corrected chi connectivity index (χ0v) is 18.1. The van der Waals surface area contributed by atoms with E-state index < -0.39 is 35.7 Å². The number of nitrogens with one attached hydrogen (secondary N) is 1. The van der Waals surface area contributed by atoms with Crippen LogP contribution >= 0.6 is 0 Å². The molecule has 1 unspecified atom stereocenters. The molecule has 2 aromatic rings. The Hall–Kier alpha value is -3.39. The van der Waals surface area contributed by atoms with Gasteiger partial charge in [-0.1, -0.05) is 48.5 Å². The highest BCUT2D eigenvalue weighted by atomic mass is 16.5. The number of β-amino-alcohol motifs (C(OH)–C–C–N with tert-alkyl or cyclic N) is 1. The SMILES string of the molecule is O=C(NC1(C(=O)N2CC(O)C[C@H]2C(=O)O)CCC1)OCC1c2ccccc2-c2ccccc21. The van der Waals surface area contributed by atoms with E-state index in [-0.39, 0.29) is 25.5 Å². The number of aliphatic hydroxyl groups excluding tert-OH is 1. The summed E-state index contributed by atoms with van der Waals surface area (Å²) in [6.07, 6.45) is -0.0339. The van der Waals surface area contributed by atoms with Gasteiger partial charge in [-0.2, -0.15) is 0 Å². The van der Waals surface area contributed by atoms with Crippen LogP contribution in [0.1, 0.15) is 42.7 Å². The molecule has 1 saturated heterocycles. The van der Waals surface area contributed by atoms with E-state index in [1.165, 1.54) is 4.90 Å². The van der Waals surface area contributed by atoms with Crippen LogP contribution in [0.25, 0.3) is 11.1 Å². The van der Waals surface area contributed by atoms with E-state index in [0.29, 0.717) is 12.8 Å². The largest absolute Gasteiger partial charge is 0.480 e. The first-order chi connectivity index (χ1) is 15.9. The van der Waals surface area contributed by atoms with Crippen LogP contribution in [0.5, 0.6) is 0 Å². The van der Waals surface area contributed by atoms with E-state index in [4.69, 9.17) is 4.74 Å². The summed E-state index contributed by atoms with van der Waals surface area (Å²) in [5.41, 5.74) is 3.26. The van der Waals surface area contributed by atoms with E-state index in [1.54, 1.807) is 0 Å². The van der Waals surface area contributed by atoms with E-state index in [9.17, 15) is 24.6 Å². The third-order valence-electron chi connectivity index (χ3n) is 7.13. The smallest absolute Gasteiger partial charge is 0.408 e. The maximum atomic E-state index is 13.2. The first-order valence-electron chi connectivity index (χ1n) is 11.2.